The van der Waals surface area contributed by atoms with Crippen molar-refractivity contribution >= 4 is 23.2 Å². The number of carbonyl (C=O) groups excluding carboxylic acids is 2. The van der Waals surface area contributed by atoms with E-state index in [-0.39, 0.29) is 24.5 Å². The van der Waals surface area contributed by atoms with Gasteiger partial charge in [0.25, 0.3) is 5.91 Å². The van der Waals surface area contributed by atoms with Gasteiger partial charge in [0.15, 0.2) is 0 Å². The summed E-state index contributed by atoms with van der Waals surface area (Å²) in [5.74, 6) is -0.0745. The van der Waals surface area contributed by atoms with E-state index in [4.69, 9.17) is 9.47 Å². The van der Waals surface area contributed by atoms with Crippen molar-refractivity contribution in [1.82, 2.24) is 0 Å². The van der Waals surface area contributed by atoms with Crippen molar-refractivity contribution in [3.63, 3.8) is 0 Å². The van der Waals surface area contributed by atoms with E-state index in [0.717, 1.165) is 37.2 Å². The number of anilines is 2. The summed E-state index contributed by atoms with van der Waals surface area (Å²) in [4.78, 5) is 25.5. The van der Waals surface area contributed by atoms with Gasteiger partial charge < -0.3 is 19.7 Å². The third-order valence-corrected chi connectivity index (χ3v) is 4.14. The summed E-state index contributed by atoms with van der Waals surface area (Å²) in [5, 5.41) is 2.88. The first-order valence-electron chi connectivity index (χ1n) is 8.12. The fourth-order valence-corrected chi connectivity index (χ4v) is 2.90. The van der Waals surface area contributed by atoms with E-state index in [2.05, 4.69) is 5.32 Å². The molecular weight excluding hydrogens is 296 g/mol. The monoisotopic (exact) mass is 318 g/mol. The molecule has 124 valence electrons. The molecule has 1 unspecified atom stereocenters. The molecule has 1 N–H and O–H groups in total. The Labute approximate surface area is 135 Å². The summed E-state index contributed by atoms with van der Waals surface area (Å²) < 4.78 is 10.7. The minimum absolute atomic E-state index is 0.0351. The SMILES string of the molecule is O=C(CC1CCCCO1)Nc1ccc(N2CCOCC2=O)cc1. The number of carbonyl (C=O) groups is 2. The zero-order valence-electron chi connectivity index (χ0n) is 13.1. The number of benzene rings is 1. The molecule has 23 heavy (non-hydrogen) atoms. The van der Waals surface area contributed by atoms with Gasteiger partial charge in [0.1, 0.15) is 6.61 Å². The lowest BCUT2D eigenvalue weighted by atomic mass is 10.1. The molecule has 0 aliphatic carbocycles. The number of rotatable bonds is 4. The molecule has 2 fully saturated rings. The average Bonchev–Trinajstić information content (AvgIpc) is 2.57. The van der Waals surface area contributed by atoms with Crippen molar-refractivity contribution in [2.45, 2.75) is 31.8 Å². The average molecular weight is 318 g/mol. The van der Waals surface area contributed by atoms with Gasteiger partial charge in [-0.15, -0.1) is 0 Å². The van der Waals surface area contributed by atoms with Gasteiger partial charge in [0.2, 0.25) is 5.91 Å². The van der Waals surface area contributed by atoms with E-state index >= 15 is 0 Å². The van der Waals surface area contributed by atoms with E-state index in [1.54, 1.807) is 4.90 Å². The summed E-state index contributed by atoms with van der Waals surface area (Å²) in [6.07, 6.45) is 3.59. The van der Waals surface area contributed by atoms with Gasteiger partial charge in [-0.3, -0.25) is 9.59 Å². The predicted octanol–water partition coefficient (Wildman–Crippen LogP) is 1.95. The second-order valence-electron chi connectivity index (χ2n) is 5.89. The summed E-state index contributed by atoms with van der Waals surface area (Å²) >= 11 is 0. The maximum atomic E-state index is 12.0. The predicted molar refractivity (Wildman–Crippen MR) is 86.5 cm³/mol. The van der Waals surface area contributed by atoms with Gasteiger partial charge in [0, 0.05) is 24.5 Å². The molecule has 2 aliphatic heterocycles. The first-order chi connectivity index (χ1) is 11.2. The van der Waals surface area contributed by atoms with E-state index in [1.165, 1.54) is 0 Å². The van der Waals surface area contributed by atoms with Crippen molar-refractivity contribution < 1.29 is 19.1 Å². The number of amides is 2. The van der Waals surface area contributed by atoms with Crippen LogP contribution in [0.25, 0.3) is 0 Å². The zero-order chi connectivity index (χ0) is 16.1. The largest absolute Gasteiger partial charge is 0.378 e. The highest BCUT2D eigenvalue weighted by molar-refractivity contribution is 5.95. The molecule has 0 aromatic heterocycles. The van der Waals surface area contributed by atoms with E-state index in [1.807, 2.05) is 24.3 Å². The topological polar surface area (TPSA) is 67.9 Å². The Kier molecular flexibility index (Phi) is 5.25. The number of ether oxygens (including phenoxy) is 2. The van der Waals surface area contributed by atoms with Gasteiger partial charge in [0.05, 0.1) is 19.1 Å². The van der Waals surface area contributed by atoms with Crippen LogP contribution in [0.15, 0.2) is 24.3 Å². The van der Waals surface area contributed by atoms with Crippen LogP contribution in [0.2, 0.25) is 0 Å². The number of hydrogen-bond donors (Lipinski definition) is 1. The zero-order valence-corrected chi connectivity index (χ0v) is 13.1. The smallest absolute Gasteiger partial charge is 0.253 e. The third-order valence-electron chi connectivity index (χ3n) is 4.14. The Morgan fingerprint density at radius 1 is 1.22 bits per heavy atom. The van der Waals surface area contributed by atoms with Gasteiger partial charge >= 0.3 is 0 Å². The molecule has 1 aromatic carbocycles. The number of nitrogens with zero attached hydrogens (tertiary/aromatic N) is 1. The Morgan fingerprint density at radius 3 is 2.74 bits per heavy atom. The maximum absolute atomic E-state index is 12.0. The molecule has 6 nitrogen and oxygen atoms in total. The van der Waals surface area contributed by atoms with E-state index in [9.17, 15) is 9.59 Å². The van der Waals surface area contributed by atoms with Crippen LogP contribution in [-0.4, -0.2) is 44.3 Å². The van der Waals surface area contributed by atoms with Crippen LogP contribution in [0.3, 0.4) is 0 Å². The van der Waals surface area contributed by atoms with Crippen LogP contribution in [0, 0.1) is 0 Å². The molecule has 0 spiro atoms. The highest BCUT2D eigenvalue weighted by atomic mass is 16.5. The molecule has 3 rings (SSSR count). The Balaban J connectivity index is 1.54. The highest BCUT2D eigenvalue weighted by Crippen LogP contribution is 2.21. The molecule has 1 aromatic rings. The second kappa shape index (κ2) is 7.57. The Bertz CT molecular complexity index is 552. The summed E-state index contributed by atoms with van der Waals surface area (Å²) in [5.41, 5.74) is 1.56. The van der Waals surface area contributed by atoms with Crippen LogP contribution < -0.4 is 10.2 Å². The van der Waals surface area contributed by atoms with Gasteiger partial charge in [-0.1, -0.05) is 0 Å². The van der Waals surface area contributed by atoms with Crippen molar-refractivity contribution in [3.8, 4) is 0 Å². The van der Waals surface area contributed by atoms with Crippen LogP contribution in [-0.2, 0) is 19.1 Å². The maximum Gasteiger partial charge on any atom is 0.253 e. The normalized spacial score (nSPS) is 22.0. The molecule has 0 bridgehead atoms. The van der Waals surface area contributed by atoms with Crippen molar-refractivity contribution in [3.05, 3.63) is 24.3 Å². The Hall–Kier alpha value is -1.92. The number of hydrogen-bond acceptors (Lipinski definition) is 4. The van der Waals surface area contributed by atoms with Crippen LogP contribution in [0.5, 0.6) is 0 Å². The van der Waals surface area contributed by atoms with Crippen LogP contribution in [0.1, 0.15) is 25.7 Å². The van der Waals surface area contributed by atoms with Gasteiger partial charge in [-0.25, -0.2) is 0 Å². The lowest BCUT2D eigenvalue weighted by molar-refractivity contribution is -0.125. The quantitative estimate of drug-likeness (QED) is 0.921. The number of nitrogens with one attached hydrogen (secondary N) is 1. The summed E-state index contributed by atoms with van der Waals surface area (Å²) in [6.45, 7) is 1.98. The standard InChI is InChI=1S/C17H22N2O4/c20-16(11-15-3-1-2-9-23-15)18-13-4-6-14(7-5-13)19-8-10-22-12-17(19)21/h4-7,15H,1-3,8-12H2,(H,18,20). The minimum atomic E-state index is -0.0394. The lowest BCUT2D eigenvalue weighted by Crippen LogP contribution is -2.41. The lowest BCUT2D eigenvalue weighted by Gasteiger charge is -2.27. The molecular formula is C17H22N2O4. The summed E-state index contributed by atoms with van der Waals surface area (Å²) in [7, 11) is 0. The first kappa shape index (κ1) is 16.0. The molecule has 2 aliphatic rings. The summed E-state index contributed by atoms with van der Waals surface area (Å²) in [6, 6.07) is 7.32. The first-order valence-corrected chi connectivity index (χ1v) is 8.12. The Morgan fingerprint density at radius 2 is 2.04 bits per heavy atom. The van der Waals surface area contributed by atoms with Crippen molar-refractivity contribution in [2.24, 2.45) is 0 Å². The molecule has 0 radical (unpaired) electrons. The van der Waals surface area contributed by atoms with Gasteiger partial charge in [-0.2, -0.15) is 0 Å². The van der Waals surface area contributed by atoms with Gasteiger partial charge in [-0.05, 0) is 43.5 Å². The fraction of sp³-hybridized carbons (Fsp3) is 0.529. The minimum Gasteiger partial charge on any atom is -0.378 e. The van der Waals surface area contributed by atoms with Crippen LogP contribution in [0.4, 0.5) is 11.4 Å². The van der Waals surface area contributed by atoms with Crippen molar-refractivity contribution in [2.75, 3.05) is 36.6 Å². The van der Waals surface area contributed by atoms with Crippen molar-refractivity contribution in [1.29, 1.82) is 0 Å². The van der Waals surface area contributed by atoms with E-state index < -0.39 is 0 Å². The molecule has 2 amide bonds. The number of morpholine rings is 1. The van der Waals surface area contributed by atoms with E-state index in [0.29, 0.717) is 19.6 Å². The second-order valence-corrected chi connectivity index (χ2v) is 5.89. The third kappa shape index (κ3) is 4.30. The molecule has 6 heteroatoms. The molecule has 1 atom stereocenters. The highest BCUT2D eigenvalue weighted by Gasteiger charge is 2.20. The molecule has 2 saturated heterocycles. The van der Waals surface area contributed by atoms with Crippen LogP contribution >= 0.6 is 0 Å². The molecule has 0 saturated carbocycles. The molecule has 2 heterocycles. The fourth-order valence-electron chi connectivity index (χ4n) is 2.90.